The zero-order valence-corrected chi connectivity index (χ0v) is 13.5. The van der Waals surface area contributed by atoms with Crippen LogP contribution in [0.15, 0.2) is 34.7 Å². The summed E-state index contributed by atoms with van der Waals surface area (Å²) < 4.78 is 120. The molecule has 3 nitrogen and oxygen atoms in total. The van der Waals surface area contributed by atoms with Gasteiger partial charge >= 0.3 is 18.5 Å². The lowest BCUT2D eigenvalue weighted by molar-refractivity contribution is -0.153. The van der Waals surface area contributed by atoms with Gasteiger partial charge in [0.05, 0.1) is 23.7 Å². The van der Waals surface area contributed by atoms with Crippen LogP contribution >= 0.6 is 0 Å². The fraction of sp³-hybridized carbons (Fsp3) is 0.312. The quantitative estimate of drug-likeness (QED) is 0.596. The lowest BCUT2D eigenvalue weighted by Gasteiger charge is -2.26. The van der Waals surface area contributed by atoms with Crippen molar-refractivity contribution < 1.29 is 43.9 Å². The minimum absolute atomic E-state index is 0.331. The first-order valence-electron chi connectivity index (χ1n) is 7.29. The normalized spacial score (nSPS) is 12.7. The van der Waals surface area contributed by atoms with Crippen LogP contribution in [-0.2, 0) is 18.9 Å². The zero-order chi connectivity index (χ0) is 21.3. The van der Waals surface area contributed by atoms with Crippen LogP contribution < -0.4 is 4.90 Å². The van der Waals surface area contributed by atoms with Crippen molar-refractivity contribution in [3.63, 3.8) is 0 Å². The van der Waals surface area contributed by atoms with Gasteiger partial charge in [0.15, 0.2) is 0 Å². The lowest BCUT2D eigenvalue weighted by Crippen LogP contribution is -2.34. The second-order valence-corrected chi connectivity index (χ2v) is 5.57. The summed E-state index contributed by atoms with van der Waals surface area (Å²) in [6, 6.07) is 4.42. The van der Waals surface area contributed by atoms with E-state index in [0.29, 0.717) is 23.1 Å². The molecule has 1 heterocycles. The van der Waals surface area contributed by atoms with Gasteiger partial charge in [-0.3, -0.25) is 0 Å². The van der Waals surface area contributed by atoms with Gasteiger partial charge in [0.2, 0.25) is 5.76 Å². The van der Waals surface area contributed by atoms with Crippen molar-refractivity contribution in [2.45, 2.75) is 25.1 Å². The van der Waals surface area contributed by atoms with E-state index in [1.54, 1.807) is 0 Å². The van der Waals surface area contributed by atoms with Crippen molar-refractivity contribution in [2.75, 3.05) is 11.4 Å². The Morgan fingerprint density at radius 3 is 2.00 bits per heavy atom. The molecule has 1 aromatic carbocycles. The number of hydrogen-bond acceptors (Lipinski definition) is 3. The third-order valence-electron chi connectivity index (χ3n) is 3.45. The highest BCUT2D eigenvalue weighted by atomic mass is 19.4. The molecule has 0 atom stereocenters. The molecule has 2 aromatic rings. The maximum absolute atomic E-state index is 13.0. The van der Waals surface area contributed by atoms with E-state index in [2.05, 4.69) is 4.42 Å². The molecule has 0 saturated carbocycles. The van der Waals surface area contributed by atoms with Crippen molar-refractivity contribution in [3.8, 4) is 6.07 Å². The van der Waals surface area contributed by atoms with Gasteiger partial charge in [-0.15, -0.1) is 0 Å². The second kappa shape index (κ2) is 7.29. The van der Waals surface area contributed by atoms with E-state index in [1.165, 1.54) is 6.07 Å². The number of benzene rings is 1. The number of halogens is 9. The molecular formula is C16H9F9N2O. The highest BCUT2D eigenvalue weighted by Crippen LogP contribution is 2.36. The topological polar surface area (TPSA) is 40.2 Å². The molecule has 28 heavy (non-hydrogen) atoms. The van der Waals surface area contributed by atoms with Gasteiger partial charge in [0.25, 0.3) is 0 Å². The van der Waals surface area contributed by atoms with Crippen LogP contribution in [0, 0.1) is 11.3 Å². The molecular weight excluding hydrogens is 407 g/mol. The number of nitrogens with zero attached hydrogens (tertiary/aromatic N) is 2. The van der Waals surface area contributed by atoms with E-state index >= 15 is 0 Å². The first-order valence-corrected chi connectivity index (χ1v) is 7.29. The number of rotatable bonds is 4. The third kappa shape index (κ3) is 5.34. The van der Waals surface area contributed by atoms with Gasteiger partial charge in [0, 0.05) is 5.69 Å². The SMILES string of the molecule is N#Cc1ccc(N(Cc2ccc(C(F)(F)F)o2)CC(F)(F)F)cc1C(F)(F)F. The van der Waals surface area contributed by atoms with E-state index in [9.17, 15) is 39.5 Å². The molecule has 2 rings (SSSR count). The van der Waals surface area contributed by atoms with Crippen molar-refractivity contribution in [3.05, 3.63) is 53.0 Å². The molecule has 0 aliphatic carbocycles. The summed E-state index contributed by atoms with van der Waals surface area (Å²) in [7, 11) is 0. The van der Waals surface area contributed by atoms with Gasteiger partial charge in [-0.25, -0.2) is 0 Å². The standard InChI is InChI=1S/C16H9F9N2O/c17-14(18,19)8-27(7-11-3-4-13(28-11)16(23,24)25)10-2-1-9(6-26)12(5-10)15(20,21)22/h1-5H,7-8H2. The molecule has 0 fully saturated rings. The Kier molecular flexibility index (Phi) is 5.59. The van der Waals surface area contributed by atoms with Crippen LogP contribution in [0.3, 0.4) is 0 Å². The summed E-state index contributed by atoms with van der Waals surface area (Å²) in [6.45, 7) is -2.63. The number of alkyl halides is 9. The van der Waals surface area contributed by atoms with E-state index < -0.39 is 60.0 Å². The Hall–Kier alpha value is -2.84. The summed E-state index contributed by atoms with van der Waals surface area (Å²) in [6.07, 6.45) is -14.8. The van der Waals surface area contributed by atoms with Crippen molar-refractivity contribution in [1.82, 2.24) is 0 Å². The minimum atomic E-state index is -5.01. The minimum Gasteiger partial charge on any atom is -0.455 e. The molecule has 0 N–H and O–H groups in total. The highest BCUT2D eigenvalue weighted by Gasteiger charge is 2.37. The molecule has 0 saturated heterocycles. The summed E-state index contributed by atoms with van der Waals surface area (Å²) in [5.41, 5.74) is -2.86. The van der Waals surface area contributed by atoms with Crippen LogP contribution in [0.25, 0.3) is 0 Å². The van der Waals surface area contributed by atoms with Crippen LogP contribution in [0.5, 0.6) is 0 Å². The smallest absolute Gasteiger partial charge is 0.449 e. The molecule has 152 valence electrons. The Labute approximate surface area is 151 Å². The second-order valence-electron chi connectivity index (χ2n) is 5.57. The average molecular weight is 416 g/mol. The maximum atomic E-state index is 13.0. The monoisotopic (exact) mass is 416 g/mol. The van der Waals surface area contributed by atoms with E-state index in [-0.39, 0.29) is 0 Å². The van der Waals surface area contributed by atoms with E-state index in [0.717, 1.165) is 12.1 Å². The third-order valence-corrected chi connectivity index (χ3v) is 3.45. The largest absolute Gasteiger partial charge is 0.455 e. The molecule has 12 heteroatoms. The Bertz CT molecular complexity index is 872. The molecule has 1 aromatic heterocycles. The number of furan rings is 1. The zero-order valence-electron chi connectivity index (χ0n) is 13.5. The summed E-state index contributed by atoms with van der Waals surface area (Å²) >= 11 is 0. The Balaban J connectivity index is 2.44. The van der Waals surface area contributed by atoms with Gasteiger partial charge in [-0.2, -0.15) is 44.8 Å². The molecule has 0 bridgehead atoms. The first-order chi connectivity index (χ1) is 12.7. The van der Waals surface area contributed by atoms with Gasteiger partial charge in [0.1, 0.15) is 12.3 Å². The molecule has 0 amide bonds. The maximum Gasteiger partial charge on any atom is 0.449 e. The Morgan fingerprint density at radius 2 is 1.54 bits per heavy atom. The summed E-state index contributed by atoms with van der Waals surface area (Å²) in [5, 5.41) is 8.75. The summed E-state index contributed by atoms with van der Waals surface area (Å²) in [5.74, 6) is -1.99. The van der Waals surface area contributed by atoms with Crippen LogP contribution in [0.4, 0.5) is 45.2 Å². The predicted molar refractivity (Wildman–Crippen MR) is 77.0 cm³/mol. The fourth-order valence-electron chi connectivity index (χ4n) is 2.32. The number of nitriles is 1. The van der Waals surface area contributed by atoms with Crippen LogP contribution in [0.2, 0.25) is 0 Å². The van der Waals surface area contributed by atoms with Crippen LogP contribution in [0.1, 0.15) is 22.6 Å². The van der Waals surface area contributed by atoms with Crippen molar-refractivity contribution in [2.24, 2.45) is 0 Å². The average Bonchev–Trinajstić information content (AvgIpc) is 3.00. The van der Waals surface area contributed by atoms with Crippen LogP contribution in [-0.4, -0.2) is 12.7 Å². The van der Waals surface area contributed by atoms with Gasteiger partial charge in [-0.05, 0) is 30.3 Å². The molecule has 0 aliphatic rings. The van der Waals surface area contributed by atoms with E-state index in [1.807, 2.05) is 0 Å². The molecule has 0 aliphatic heterocycles. The lowest BCUT2D eigenvalue weighted by atomic mass is 10.1. The van der Waals surface area contributed by atoms with Crippen molar-refractivity contribution >= 4 is 5.69 Å². The fourth-order valence-corrected chi connectivity index (χ4v) is 2.32. The summed E-state index contributed by atoms with van der Waals surface area (Å²) in [4.78, 5) is 0.370. The number of anilines is 1. The first kappa shape index (κ1) is 21.5. The highest BCUT2D eigenvalue weighted by molar-refractivity contribution is 5.55. The molecule has 0 radical (unpaired) electrons. The Morgan fingerprint density at radius 1 is 0.893 bits per heavy atom. The van der Waals surface area contributed by atoms with Crippen molar-refractivity contribution in [1.29, 1.82) is 5.26 Å². The predicted octanol–water partition coefficient (Wildman–Crippen LogP) is 5.76. The number of hydrogen-bond donors (Lipinski definition) is 0. The molecule has 0 unspecified atom stereocenters. The molecule has 0 spiro atoms. The van der Waals surface area contributed by atoms with Gasteiger partial charge < -0.3 is 9.32 Å². The van der Waals surface area contributed by atoms with Gasteiger partial charge in [-0.1, -0.05) is 0 Å². The van der Waals surface area contributed by atoms with E-state index in [4.69, 9.17) is 5.26 Å².